The maximum Gasteiger partial charge on any atom is 0.344 e. The Labute approximate surface area is 170 Å². The number of benzene rings is 2. The van der Waals surface area contributed by atoms with Gasteiger partial charge in [0, 0.05) is 5.56 Å². The lowest BCUT2D eigenvalue weighted by Crippen LogP contribution is -2.22. The topological polar surface area (TPSA) is 61.6 Å². The third-order valence-corrected chi connectivity index (χ3v) is 4.14. The normalized spacial score (nSPS) is 12.1. The van der Waals surface area contributed by atoms with Crippen LogP contribution in [0.1, 0.15) is 55.2 Å². The number of esters is 1. The predicted octanol–water partition coefficient (Wildman–Crippen LogP) is 4.94. The smallest absolute Gasteiger partial charge is 0.344 e. The van der Waals surface area contributed by atoms with Crippen LogP contribution in [-0.4, -0.2) is 19.2 Å². The van der Waals surface area contributed by atoms with Crippen molar-refractivity contribution in [1.29, 1.82) is 0 Å². The van der Waals surface area contributed by atoms with E-state index < -0.39 is 29.2 Å². The molecule has 2 rings (SSSR count). The van der Waals surface area contributed by atoms with Gasteiger partial charge in [-0.25, -0.2) is 13.6 Å². The molecule has 2 N–H and O–H groups in total. The fourth-order valence-electron chi connectivity index (χ4n) is 2.61. The predicted molar refractivity (Wildman–Crippen MR) is 107 cm³/mol. The van der Waals surface area contributed by atoms with Crippen LogP contribution in [0.2, 0.25) is 0 Å². The lowest BCUT2D eigenvalue weighted by molar-refractivity contribution is 0.0468. The Morgan fingerprint density at radius 1 is 1.14 bits per heavy atom. The Hall–Kier alpha value is -2.18. The summed E-state index contributed by atoms with van der Waals surface area (Å²) < 4.78 is 38.1. The van der Waals surface area contributed by atoms with E-state index in [2.05, 4.69) is 20.8 Å². The number of ether oxygens (including phenoxy) is 2. The molecule has 0 fully saturated rings. The third-order valence-electron chi connectivity index (χ3n) is 4.14. The number of hydrogen-bond acceptors (Lipinski definition) is 4. The summed E-state index contributed by atoms with van der Waals surface area (Å²) in [5.41, 5.74) is 7.09. The standard InChI is InChI=1S/C21H25F2NO3.ClH/c1-5-26-18-11-13(21(2,3)4)9-10-14(18)17(24)12-27-20(25)19-15(22)7-6-8-16(19)23;/h6-11,17H,5,12,24H2,1-4H3;1H. The lowest BCUT2D eigenvalue weighted by atomic mass is 9.86. The minimum atomic E-state index is -1.09. The zero-order chi connectivity index (χ0) is 20.2. The summed E-state index contributed by atoms with van der Waals surface area (Å²) in [6.07, 6.45) is 0. The molecule has 7 heteroatoms. The quantitative estimate of drug-likeness (QED) is 0.681. The Morgan fingerprint density at radius 3 is 2.29 bits per heavy atom. The number of carbonyl (C=O) groups excluding carboxylic acids is 1. The molecule has 154 valence electrons. The van der Waals surface area contributed by atoms with Crippen molar-refractivity contribution in [3.8, 4) is 5.75 Å². The van der Waals surface area contributed by atoms with Crippen LogP contribution in [-0.2, 0) is 10.2 Å². The van der Waals surface area contributed by atoms with Crippen molar-refractivity contribution in [2.45, 2.75) is 39.2 Å². The van der Waals surface area contributed by atoms with Crippen molar-refractivity contribution < 1.29 is 23.0 Å². The zero-order valence-electron chi connectivity index (χ0n) is 16.4. The first-order valence-electron chi connectivity index (χ1n) is 8.79. The maximum absolute atomic E-state index is 13.7. The van der Waals surface area contributed by atoms with E-state index in [1.807, 2.05) is 25.1 Å². The number of carbonyl (C=O) groups is 1. The number of rotatable bonds is 6. The van der Waals surface area contributed by atoms with E-state index in [9.17, 15) is 13.6 Å². The summed E-state index contributed by atoms with van der Waals surface area (Å²) >= 11 is 0. The minimum absolute atomic E-state index is 0. The summed E-state index contributed by atoms with van der Waals surface area (Å²) in [5, 5.41) is 0. The molecule has 0 amide bonds. The Balaban J connectivity index is 0.00000392. The van der Waals surface area contributed by atoms with Crippen LogP contribution < -0.4 is 10.5 Å². The van der Waals surface area contributed by atoms with Crippen molar-refractivity contribution in [1.82, 2.24) is 0 Å². The van der Waals surface area contributed by atoms with Gasteiger partial charge in [-0.2, -0.15) is 0 Å². The summed E-state index contributed by atoms with van der Waals surface area (Å²) in [7, 11) is 0. The van der Waals surface area contributed by atoms with E-state index in [0.29, 0.717) is 17.9 Å². The van der Waals surface area contributed by atoms with Gasteiger partial charge in [-0.3, -0.25) is 0 Å². The highest BCUT2D eigenvalue weighted by Crippen LogP contribution is 2.31. The monoisotopic (exact) mass is 413 g/mol. The molecule has 0 bridgehead atoms. The molecule has 0 aromatic heterocycles. The zero-order valence-corrected chi connectivity index (χ0v) is 17.2. The minimum Gasteiger partial charge on any atom is -0.494 e. The van der Waals surface area contributed by atoms with Crippen LogP contribution in [0, 0.1) is 11.6 Å². The summed E-state index contributed by atoms with van der Waals surface area (Å²) in [5.74, 6) is -2.44. The van der Waals surface area contributed by atoms with Gasteiger partial charge in [0.1, 0.15) is 29.6 Å². The molecule has 0 aliphatic heterocycles. The van der Waals surface area contributed by atoms with Gasteiger partial charge in [0.25, 0.3) is 0 Å². The van der Waals surface area contributed by atoms with E-state index in [1.165, 1.54) is 6.07 Å². The van der Waals surface area contributed by atoms with Gasteiger partial charge in [0.2, 0.25) is 0 Å². The van der Waals surface area contributed by atoms with Crippen molar-refractivity contribution >= 4 is 18.4 Å². The molecule has 0 aliphatic carbocycles. The largest absolute Gasteiger partial charge is 0.494 e. The molecule has 2 aromatic carbocycles. The van der Waals surface area contributed by atoms with Crippen LogP contribution in [0.3, 0.4) is 0 Å². The maximum atomic E-state index is 13.7. The van der Waals surface area contributed by atoms with Crippen LogP contribution in [0.4, 0.5) is 8.78 Å². The number of hydrogen-bond donors (Lipinski definition) is 1. The summed E-state index contributed by atoms with van der Waals surface area (Å²) in [6, 6.07) is 8.16. The van der Waals surface area contributed by atoms with E-state index in [0.717, 1.165) is 17.7 Å². The lowest BCUT2D eigenvalue weighted by Gasteiger charge is -2.23. The molecule has 0 saturated heterocycles. The van der Waals surface area contributed by atoms with Crippen LogP contribution in [0.25, 0.3) is 0 Å². The average molecular weight is 414 g/mol. The fraction of sp³-hybridized carbons (Fsp3) is 0.381. The molecule has 0 saturated carbocycles. The molecule has 0 spiro atoms. The second-order valence-electron chi connectivity index (χ2n) is 7.24. The fourth-order valence-corrected chi connectivity index (χ4v) is 2.61. The van der Waals surface area contributed by atoms with Crippen molar-refractivity contribution in [2.24, 2.45) is 5.73 Å². The van der Waals surface area contributed by atoms with Gasteiger partial charge in [0.05, 0.1) is 12.6 Å². The van der Waals surface area contributed by atoms with E-state index >= 15 is 0 Å². The van der Waals surface area contributed by atoms with E-state index in [-0.39, 0.29) is 24.4 Å². The molecule has 1 unspecified atom stereocenters. The van der Waals surface area contributed by atoms with Gasteiger partial charge in [-0.1, -0.05) is 39.0 Å². The van der Waals surface area contributed by atoms with Gasteiger partial charge in [-0.05, 0) is 36.1 Å². The summed E-state index contributed by atoms with van der Waals surface area (Å²) in [4.78, 5) is 12.0. The second kappa shape index (κ2) is 9.85. The molecule has 0 radical (unpaired) electrons. The highest BCUT2D eigenvalue weighted by molar-refractivity contribution is 5.90. The van der Waals surface area contributed by atoms with Crippen molar-refractivity contribution in [3.05, 3.63) is 64.7 Å². The number of halogens is 3. The SMILES string of the molecule is CCOc1cc(C(C)(C)C)ccc1C(N)COC(=O)c1c(F)cccc1F.Cl. The molecular formula is C21H26ClF2NO3. The average Bonchev–Trinajstić information content (AvgIpc) is 2.59. The Morgan fingerprint density at radius 2 is 1.75 bits per heavy atom. The van der Waals surface area contributed by atoms with Gasteiger partial charge < -0.3 is 15.2 Å². The highest BCUT2D eigenvalue weighted by Gasteiger charge is 2.22. The van der Waals surface area contributed by atoms with Crippen LogP contribution in [0.5, 0.6) is 5.75 Å². The molecule has 2 aromatic rings. The van der Waals surface area contributed by atoms with Gasteiger partial charge in [0.15, 0.2) is 0 Å². The molecule has 28 heavy (non-hydrogen) atoms. The van der Waals surface area contributed by atoms with Crippen molar-refractivity contribution in [2.75, 3.05) is 13.2 Å². The van der Waals surface area contributed by atoms with Crippen LogP contribution >= 0.6 is 12.4 Å². The molecule has 1 atom stereocenters. The van der Waals surface area contributed by atoms with Gasteiger partial charge >= 0.3 is 5.97 Å². The van der Waals surface area contributed by atoms with E-state index in [1.54, 1.807) is 0 Å². The Bertz CT molecular complexity index is 802. The third kappa shape index (κ3) is 5.66. The van der Waals surface area contributed by atoms with Crippen molar-refractivity contribution in [3.63, 3.8) is 0 Å². The molecule has 4 nitrogen and oxygen atoms in total. The molecule has 0 aliphatic rings. The van der Waals surface area contributed by atoms with E-state index in [4.69, 9.17) is 15.2 Å². The first-order chi connectivity index (χ1) is 12.6. The van der Waals surface area contributed by atoms with Crippen LogP contribution in [0.15, 0.2) is 36.4 Å². The second-order valence-corrected chi connectivity index (χ2v) is 7.24. The van der Waals surface area contributed by atoms with Gasteiger partial charge in [-0.15, -0.1) is 12.4 Å². The summed E-state index contributed by atoms with van der Waals surface area (Å²) in [6.45, 7) is 8.34. The molecule has 0 heterocycles. The number of nitrogens with two attached hydrogens (primary N) is 1. The molecular weight excluding hydrogens is 388 g/mol. The first kappa shape index (κ1) is 23.9. The first-order valence-corrected chi connectivity index (χ1v) is 8.79. The Kier molecular flexibility index (Phi) is 8.39. The highest BCUT2D eigenvalue weighted by atomic mass is 35.5.